The maximum Gasteiger partial charge on any atom is 0.328 e. The number of nitrogens with one attached hydrogen (secondary N) is 1. The Kier molecular flexibility index (Phi) is 5.79. The minimum atomic E-state index is -3.69. The summed E-state index contributed by atoms with van der Waals surface area (Å²) in [7, 11) is -2.00. The number of aromatic amines is 1. The Labute approximate surface area is 161 Å². The van der Waals surface area contributed by atoms with E-state index >= 15 is 0 Å². The predicted octanol–water partition coefficient (Wildman–Crippen LogP) is -1.42. The molecule has 11 nitrogen and oxygen atoms in total. The Morgan fingerprint density at radius 2 is 2.00 bits per heavy atom. The average Bonchev–Trinajstić information content (AvgIpc) is 2.93. The van der Waals surface area contributed by atoms with Gasteiger partial charge in [-0.2, -0.15) is 4.31 Å². The number of aryl methyl sites for hydroxylation is 2. The molecule has 0 aromatic carbocycles. The number of aromatic nitrogens is 4. The third-order valence-corrected chi connectivity index (χ3v) is 6.34. The van der Waals surface area contributed by atoms with Gasteiger partial charge >= 0.3 is 5.69 Å². The number of sulfonamides is 1. The average molecular weight is 410 g/mol. The van der Waals surface area contributed by atoms with Crippen molar-refractivity contribution in [1.82, 2.24) is 28.3 Å². The highest BCUT2D eigenvalue weighted by Crippen LogP contribution is 2.16. The van der Waals surface area contributed by atoms with E-state index in [-0.39, 0.29) is 37.0 Å². The van der Waals surface area contributed by atoms with Crippen LogP contribution in [0.1, 0.15) is 12.8 Å². The van der Waals surface area contributed by atoms with Gasteiger partial charge in [0.25, 0.3) is 15.6 Å². The SMILES string of the molecule is Cn1cnc(S(=O)(=O)N2CCCN(C(=O)CCn3ccc(=O)[nH]c3=O)CC2)c1. The smallest absolute Gasteiger partial charge is 0.328 e. The summed E-state index contributed by atoms with van der Waals surface area (Å²) in [5.41, 5.74) is -1.06. The van der Waals surface area contributed by atoms with Crippen molar-refractivity contribution >= 4 is 15.9 Å². The number of H-pyrrole nitrogens is 1. The van der Waals surface area contributed by atoms with Crippen LogP contribution in [0.5, 0.6) is 0 Å². The number of hydrogen-bond acceptors (Lipinski definition) is 6. The van der Waals surface area contributed by atoms with Gasteiger partial charge in [-0.1, -0.05) is 0 Å². The van der Waals surface area contributed by atoms with E-state index in [4.69, 9.17) is 0 Å². The van der Waals surface area contributed by atoms with E-state index in [1.54, 1.807) is 16.5 Å². The van der Waals surface area contributed by atoms with Crippen LogP contribution in [0.4, 0.5) is 0 Å². The highest BCUT2D eigenvalue weighted by atomic mass is 32.2. The van der Waals surface area contributed by atoms with Crippen LogP contribution in [-0.4, -0.2) is 68.8 Å². The Morgan fingerprint density at radius 3 is 2.68 bits per heavy atom. The summed E-state index contributed by atoms with van der Waals surface area (Å²) in [5, 5.41) is -0.00720. The van der Waals surface area contributed by atoms with Gasteiger partial charge in [-0.05, 0) is 6.42 Å². The van der Waals surface area contributed by atoms with Crippen LogP contribution in [0.2, 0.25) is 0 Å². The standard InChI is InChI=1S/C16H22N6O5S/c1-19-11-14(17-12-19)28(26,27)22-6-2-5-20(9-10-22)15(24)4-8-21-7-3-13(23)18-16(21)25/h3,7,11-12H,2,4-6,8-10H2,1H3,(H,18,23,25). The number of rotatable bonds is 5. The molecule has 0 spiro atoms. The van der Waals surface area contributed by atoms with Gasteiger partial charge in [-0.3, -0.25) is 14.6 Å². The fourth-order valence-corrected chi connectivity index (χ4v) is 4.47. The molecule has 0 unspecified atom stereocenters. The van der Waals surface area contributed by atoms with Crippen molar-refractivity contribution in [2.45, 2.75) is 24.4 Å². The highest BCUT2D eigenvalue weighted by molar-refractivity contribution is 7.89. The number of nitrogens with zero attached hydrogens (tertiary/aromatic N) is 5. The minimum Gasteiger partial charge on any atom is -0.341 e. The first kappa shape index (κ1) is 20.0. The molecule has 0 saturated carbocycles. The fourth-order valence-electron chi connectivity index (χ4n) is 3.03. The molecular formula is C16H22N6O5S. The van der Waals surface area contributed by atoms with Crippen LogP contribution >= 0.6 is 0 Å². The topological polar surface area (TPSA) is 130 Å². The van der Waals surface area contributed by atoms with Gasteiger partial charge in [0.2, 0.25) is 5.91 Å². The van der Waals surface area contributed by atoms with Crippen molar-refractivity contribution in [2.24, 2.45) is 7.05 Å². The lowest BCUT2D eigenvalue weighted by molar-refractivity contribution is -0.131. The van der Waals surface area contributed by atoms with Crippen molar-refractivity contribution in [3.8, 4) is 0 Å². The summed E-state index contributed by atoms with van der Waals surface area (Å²) in [6, 6.07) is 1.22. The Morgan fingerprint density at radius 1 is 1.21 bits per heavy atom. The van der Waals surface area contributed by atoms with Gasteiger partial charge in [-0.25, -0.2) is 18.2 Å². The third-order valence-electron chi connectivity index (χ3n) is 4.56. The first-order valence-corrected chi connectivity index (χ1v) is 10.3. The zero-order valence-electron chi connectivity index (χ0n) is 15.4. The van der Waals surface area contributed by atoms with E-state index in [1.807, 2.05) is 0 Å². The summed E-state index contributed by atoms with van der Waals surface area (Å²) in [4.78, 5) is 42.9. The van der Waals surface area contributed by atoms with E-state index < -0.39 is 21.3 Å². The van der Waals surface area contributed by atoms with Crippen LogP contribution < -0.4 is 11.2 Å². The fraction of sp³-hybridized carbons (Fsp3) is 0.500. The molecule has 2 aromatic rings. The van der Waals surface area contributed by atoms with Gasteiger partial charge in [0.15, 0.2) is 5.03 Å². The van der Waals surface area contributed by atoms with Crippen molar-refractivity contribution < 1.29 is 13.2 Å². The second-order valence-corrected chi connectivity index (χ2v) is 8.45. The van der Waals surface area contributed by atoms with Gasteiger partial charge in [-0.15, -0.1) is 0 Å². The first-order valence-electron chi connectivity index (χ1n) is 8.83. The maximum atomic E-state index is 12.7. The zero-order valence-corrected chi connectivity index (χ0v) is 16.3. The van der Waals surface area contributed by atoms with Crippen LogP contribution in [0.25, 0.3) is 0 Å². The molecule has 1 N–H and O–H groups in total. The largest absolute Gasteiger partial charge is 0.341 e. The lowest BCUT2D eigenvalue weighted by Gasteiger charge is -2.21. The van der Waals surface area contributed by atoms with E-state index in [2.05, 4.69) is 9.97 Å². The Hall–Kier alpha value is -2.73. The quantitative estimate of drug-likeness (QED) is 0.644. The number of carbonyl (C=O) groups excluding carboxylic acids is 1. The summed E-state index contributed by atoms with van der Waals surface area (Å²) in [6.07, 6.45) is 4.82. The van der Waals surface area contributed by atoms with Gasteiger partial charge < -0.3 is 14.0 Å². The van der Waals surface area contributed by atoms with Gasteiger partial charge in [0.1, 0.15) is 0 Å². The Balaban J connectivity index is 1.60. The van der Waals surface area contributed by atoms with Crippen molar-refractivity contribution in [3.05, 3.63) is 45.6 Å². The Bertz CT molecular complexity index is 1070. The van der Waals surface area contributed by atoms with Crippen LogP contribution in [0, 0.1) is 0 Å². The molecule has 3 rings (SSSR count). The summed E-state index contributed by atoms with van der Waals surface area (Å²) >= 11 is 0. The van der Waals surface area contributed by atoms with Crippen LogP contribution in [0.3, 0.4) is 0 Å². The minimum absolute atomic E-state index is 0.00720. The van der Waals surface area contributed by atoms with E-state index in [0.29, 0.717) is 19.5 Å². The van der Waals surface area contributed by atoms with E-state index in [9.17, 15) is 22.8 Å². The number of imidazole rings is 1. The molecule has 1 amide bonds. The molecule has 1 fully saturated rings. The molecule has 12 heteroatoms. The van der Waals surface area contributed by atoms with Gasteiger partial charge in [0, 0.05) is 64.7 Å². The molecule has 1 aliphatic heterocycles. The summed E-state index contributed by atoms with van der Waals surface area (Å²) in [6.45, 7) is 1.34. The molecular weight excluding hydrogens is 388 g/mol. The normalized spacial score (nSPS) is 16.1. The molecule has 0 radical (unpaired) electrons. The predicted molar refractivity (Wildman–Crippen MR) is 99.1 cm³/mol. The molecule has 0 aliphatic carbocycles. The summed E-state index contributed by atoms with van der Waals surface area (Å²) in [5.74, 6) is -0.171. The second kappa shape index (κ2) is 8.10. The molecule has 152 valence electrons. The number of amides is 1. The van der Waals surface area contributed by atoms with Crippen molar-refractivity contribution in [3.63, 3.8) is 0 Å². The van der Waals surface area contributed by atoms with Crippen molar-refractivity contribution in [2.75, 3.05) is 26.2 Å². The molecule has 1 aliphatic rings. The van der Waals surface area contributed by atoms with Gasteiger partial charge in [0.05, 0.1) is 6.33 Å². The lowest BCUT2D eigenvalue weighted by atomic mass is 10.3. The maximum absolute atomic E-state index is 12.7. The molecule has 0 bridgehead atoms. The first-order chi connectivity index (χ1) is 13.3. The highest BCUT2D eigenvalue weighted by Gasteiger charge is 2.29. The third kappa shape index (κ3) is 4.39. The number of carbonyl (C=O) groups is 1. The van der Waals surface area contributed by atoms with Crippen LogP contribution in [-0.2, 0) is 28.4 Å². The second-order valence-electron chi connectivity index (χ2n) is 6.57. The van der Waals surface area contributed by atoms with E-state index in [1.165, 1.54) is 33.7 Å². The summed E-state index contributed by atoms with van der Waals surface area (Å²) < 4.78 is 29.5. The zero-order chi connectivity index (χ0) is 20.3. The number of hydrogen-bond donors (Lipinski definition) is 1. The molecule has 0 atom stereocenters. The lowest BCUT2D eigenvalue weighted by Crippen LogP contribution is -2.38. The van der Waals surface area contributed by atoms with E-state index in [0.717, 1.165) is 0 Å². The molecule has 2 aromatic heterocycles. The molecule has 1 saturated heterocycles. The molecule has 28 heavy (non-hydrogen) atoms. The van der Waals surface area contributed by atoms with Crippen LogP contribution in [0.15, 0.2) is 39.4 Å². The monoisotopic (exact) mass is 410 g/mol. The van der Waals surface area contributed by atoms with Crippen molar-refractivity contribution in [1.29, 1.82) is 0 Å². The molecule has 3 heterocycles.